The van der Waals surface area contributed by atoms with Gasteiger partial charge in [-0.3, -0.25) is 0 Å². The second-order valence-corrected chi connectivity index (χ2v) is 8.34. The smallest absolute Gasteiger partial charge is 0.169 e. The van der Waals surface area contributed by atoms with E-state index in [1.165, 1.54) is 16.7 Å². The zero-order valence-corrected chi connectivity index (χ0v) is 18.8. The van der Waals surface area contributed by atoms with Crippen molar-refractivity contribution >= 4 is 22.9 Å². The fraction of sp³-hybridized carbons (Fsp3) is 0.231. The van der Waals surface area contributed by atoms with Crippen LogP contribution in [0.3, 0.4) is 0 Å². The molecule has 1 aliphatic heterocycles. The average Bonchev–Trinajstić information content (AvgIpc) is 3.24. The molecule has 0 amide bonds. The Morgan fingerprint density at radius 1 is 1.09 bits per heavy atom. The molecule has 0 atom stereocenters. The van der Waals surface area contributed by atoms with Gasteiger partial charge in [-0.15, -0.1) is 11.7 Å². The second kappa shape index (κ2) is 9.01. The first-order valence-electron chi connectivity index (χ1n) is 11.0. The molecule has 2 aromatic heterocycles. The molecule has 0 bridgehead atoms. The number of para-hydroxylation sites is 1. The molecule has 1 aliphatic rings. The molecule has 0 radical (unpaired) electrons. The molecule has 0 saturated carbocycles. The van der Waals surface area contributed by atoms with E-state index in [0.717, 1.165) is 48.7 Å². The van der Waals surface area contributed by atoms with Crippen LogP contribution in [0.15, 0.2) is 73.3 Å². The molecule has 5 nitrogen and oxygen atoms in total. The Kier molecular flexibility index (Phi) is 5.77. The van der Waals surface area contributed by atoms with E-state index in [-0.39, 0.29) is 0 Å². The average molecular weight is 443 g/mol. The lowest BCUT2D eigenvalue weighted by atomic mass is 9.98. The molecule has 0 aliphatic carbocycles. The summed E-state index contributed by atoms with van der Waals surface area (Å²) in [6.45, 7) is 5.77. The van der Waals surface area contributed by atoms with Gasteiger partial charge < -0.3 is 14.6 Å². The summed E-state index contributed by atoms with van der Waals surface area (Å²) in [5.41, 5.74) is 5.73. The Balaban J connectivity index is 1.66. The molecule has 3 heterocycles. The van der Waals surface area contributed by atoms with Crippen LogP contribution in [0.25, 0.3) is 16.8 Å². The lowest BCUT2D eigenvalue weighted by Crippen LogP contribution is -2.24. The highest BCUT2D eigenvalue weighted by Crippen LogP contribution is 2.36. The highest BCUT2D eigenvalue weighted by molar-refractivity contribution is 7.80. The minimum absolute atomic E-state index is 0.415. The topological polar surface area (TPSA) is 43.5 Å². The van der Waals surface area contributed by atoms with Crippen LogP contribution < -0.4 is 10.1 Å². The molecule has 4 aromatic rings. The third-order valence-electron chi connectivity index (χ3n) is 5.86. The molecule has 0 fully saturated rings. The molecule has 0 spiro atoms. The molecular weight excluding hydrogens is 416 g/mol. The number of aromatic nitrogens is 3. The Bertz CT molecular complexity index is 1260. The van der Waals surface area contributed by atoms with Crippen LogP contribution >= 0.6 is 12.2 Å². The van der Waals surface area contributed by atoms with E-state index in [1.54, 1.807) is 0 Å². The van der Waals surface area contributed by atoms with E-state index in [2.05, 4.69) is 40.7 Å². The van der Waals surface area contributed by atoms with Gasteiger partial charge in [0.25, 0.3) is 0 Å². The van der Waals surface area contributed by atoms with Crippen LogP contribution in [0.5, 0.6) is 5.75 Å². The fourth-order valence-electron chi connectivity index (χ4n) is 4.45. The van der Waals surface area contributed by atoms with Crippen molar-refractivity contribution in [3.63, 3.8) is 0 Å². The third-order valence-corrected chi connectivity index (χ3v) is 6.20. The molecule has 1 N–H and O–H groups in total. The molecule has 0 unspecified atom stereocenters. The van der Waals surface area contributed by atoms with Gasteiger partial charge in [-0.1, -0.05) is 66.8 Å². The molecule has 6 heteroatoms. The van der Waals surface area contributed by atoms with Crippen LogP contribution in [-0.4, -0.2) is 25.7 Å². The van der Waals surface area contributed by atoms with Crippen molar-refractivity contribution in [2.24, 2.45) is 0 Å². The predicted octanol–water partition coefficient (Wildman–Crippen LogP) is 5.17. The normalized spacial score (nSPS) is 13.0. The van der Waals surface area contributed by atoms with E-state index in [9.17, 15) is 0 Å². The fourth-order valence-corrected chi connectivity index (χ4v) is 4.72. The third kappa shape index (κ3) is 3.71. The summed E-state index contributed by atoms with van der Waals surface area (Å²) in [6, 6.07) is 20.4. The molecule has 2 aromatic carbocycles. The van der Waals surface area contributed by atoms with Gasteiger partial charge in [0.1, 0.15) is 28.7 Å². The maximum Gasteiger partial charge on any atom is 0.169 e. The standard InChI is InChI=1S/C26H26N4OS/c1-2-16-27-25(32)24-23(19-11-5-3-6-12-19)21-15-9-10-17-29-22(28-30(24)26(21)29)18-31-20-13-7-4-8-14-20/h2-8,11-14H,1,9-10,15-18H2,(H,27,32). The van der Waals surface area contributed by atoms with Gasteiger partial charge in [0.15, 0.2) is 5.82 Å². The number of nitrogens with one attached hydrogen (secondary N) is 1. The van der Waals surface area contributed by atoms with Crippen LogP contribution in [0.4, 0.5) is 0 Å². The van der Waals surface area contributed by atoms with Crippen molar-refractivity contribution in [2.75, 3.05) is 6.54 Å². The number of aryl methyl sites for hydroxylation is 2. The summed E-state index contributed by atoms with van der Waals surface area (Å²) in [6.07, 6.45) is 5.07. The van der Waals surface area contributed by atoms with E-state index in [1.807, 2.05) is 47.0 Å². The zero-order chi connectivity index (χ0) is 21.9. The molecule has 5 rings (SSSR count). The number of thiocarbonyl (C=S) groups is 1. The number of hydrogen-bond acceptors (Lipinski definition) is 3. The summed E-state index contributed by atoms with van der Waals surface area (Å²) in [5.74, 6) is 1.76. The highest BCUT2D eigenvalue weighted by atomic mass is 32.1. The largest absolute Gasteiger partial charge is 0.486 e. The maximum absolute atomic E-state index is 6.06. The van der Waals surface area contributed by atoms with Crippen LogP contribution in [0.2, 0.25) is 0 Å². The Morgan fingerprint density at radius 3 is 2.59 bits per heavy atom. The monoisotopic (exact) mass is 442 g/mol. The highest BCUT2D eigenvalue weighted by Gasteiger charge is 2.28. The number of hydrogen-bond donors (Lipinski definition) is 1. The molecule has 162 valence electrons. The van der Waals surface area contributed by atoms with Gasteiger partial charge in [-0.05, 0) is 37.0 Å². The van der Waals surface area contributed by atoms with E-state index in [0.29, 0.717) is 18.1 Å². The molecular formula is C26H26N4OS. The number of ether oxygens (including phenoxy) is 1. The minimum atomic E-state index is 0.415. The van der Waals surface area contributed by atoms with Gasteiger partial charge in [-0.2, -0.15) is 0 Å². The first-order chi connectivity index (χ1) is 15.8. The number of benzene rings is 2. The van der Waals surface area contributed by atoms with Crippen LogP contribution in [0, 0.1) is 0 Å². The quantitative estimate of drug-likeness (QED) is 0.317. The lowest BCUT2D eigenvalue weighted by molar-refractivity contribution is 0.288. The second-order valence-electron chi connectivity index (χ2n) is 7.93. The Labute approximate surface area is 193 Å². The first-order valence-corrected chi connectivity index (χ1v) is 11.4. The van der Waals surface area contributed by atoms with Crippen molar-refractivity contribution in [3.8, 4) is 16.9 Å². The zero-order valence-electron chi connectivity index (χ0n) is 18.0. The van der Waals surface area contributed by atoms with Gasteiger partial charge in [0.2, 0.25) is 0 Å². The van der Waals surface area contributed by atoms with Gasteiger partial charge >= 0.3 is 0 Å². The summed E-state index contributed by atoms with van der Waals surface area (Å²) >= 11 is 5.85. The van der Waals surface area contributed by atoms with Gasteiger partial charge in [-0.25, -0.2) is 4.52 Å². The SMILES string of the molecule is C=CCNC(=S)c1c(-c2ccccc2)c2c3n(c(COc4ccccc4)nn13)CCCC2. The Morgan fingerprint density at radius 2 is 1.84 bits per heavy atom. The van der Waals surface area contributed by atoms with Gasteiger partial charge in [0.05, 0.1) is 0 Å². The summed E-state index contributed by atoms with van der Waals surface area (Å²) < 4.78 is 10.4. The molecule has 0 saturated heterocycles. The van der Waals surface area contributed by atoms with Crippen molar-refractivity contribution in [2.45, 2.75) is 32.4 Å². The summed E-state index contributed by atoms with van der Waals surface area (Å²) in [4.78, 5) is 0.686. The van der Waals surface area contributed by atoms with E-state index in [4.69, 9.17) is 22.1 Å². The summed E-state index contributed by atoms with van der Waals surface area (Å²) in [7, 11) is 0. The maximum atomic E-state index is 6.06. The van der Waals surface area contributed by atoms with Crippen LogP contribution in [-0.2, 0) is 19.6 Å². The first kappa shape index (κ1) is 20.5. The van der Waals surface area contributed by atoms with Crippen molar-refractivity contribution < 1.29 is 4.74 Å². The summed E-state index contributed by atoms with van der Waals surface area (Å²) in [5, 5.41) is 8.34. The molecule has 32 heavy (non-hydrogen) atoms. The van der Waals surface area contributed by atoms with E-state index < -0.39 is 0 Å². The van der Waals surface area contributed by atoms with Crippen molar-refractivity contribution in [1.29, 1.82) is 0 Å². The van der Waals surface area contributed by atoms with E-state index >= 15 is 0 Å². The predicted molar refractivity (Wildman–Crippen MR) is 132 cm³/mol. The van der Waals surface area contributed by atoms with Crippen LogP contribution in [0.1, 0.15) is 29.9 Å². The van der Waals surface area contributed by atoms with Gasteiger partial charge in [0, 0.05) is 24.2 Å². The minimum Gasteiger partial charge on any atom is -0.486 e. The van der Waals surface area contributed by atoms with Crippen molar-refractivity contribution in [3.05, 3.63) is 90.4 Å². The number of nitrogens with zero attached hydrogens (tertiary/aromatic N) is 3. The Hall–Kier alpha value is -3.38. The number of rotatable bonds is 7. The van der Waals surface area contributed by atoms with Crippen molar-refractivity contribution in [1.82, 2.24) is 19.5 Å². The lowest BCUT2D eigenvalue weighted by Gasteiger charge is -2.10.